The second-order valence-corrected chi connectivity index (χ2v) is 7.00. The Morgan fingerprint density at radius 2 is 1.96 bits per heavy atom. The molecule has 2 heterocycles. The summed E-state index contributed by atoms with van der Waals surface area (Å²) in [6.45, 7) is 6.15. The van der Waals surface area contributed by atoms with Gasteiger partial charge in [0.15, 0.2) is 11.5 Å². The van der Waals surface area contributed by atoms with Gasteiger partial charge in [0.2, 0.25) is 5.91 Å². The van der Waals surface area contributed by atoms with Gasteiger partial charge in [0.25, 0.3) is 0 Å². The highest BCUT2D eigenvalue weighted by atomic mass is 32.1. The van der Waals surface area contributed by atoms with Crippen LogP contribution in [0.25, 0.3) is 10.6 Å². The van der Waals surface area contributed by atoms with Crippen LogP contribution in [0.3, 0.4) is 0 Å². The number of quaternary nitrogens is 1. The summed E-state index contributed by atoms with van der Waals surface area (Å²) in [6.07, 6.45) is 0. The monoisotopic (exact) mass is 362 g/mol. The van der Waals surface area contributed by atoms with E-state index in [4.69, 9.17) is 14.5 Å². The second-order valence-electron chi connectivity index (χ2n) is 6.15. The molecule has 0 saturated carbocycles. The van der Waals surface area contributed by atoms with E-state index in [1.54, 1.807) is 32.5 Å². The van der Waals surface area contributed by atoms with Gasteiger partial charge < -0.3 is 19.3 Å². The zero-order valence-electron chi connectivity index (χ0n) is 14.9. The fraction of sp³-hybridized carbons (Fsp3) is 0.444. The Kier molecular flexibility index (Phi) is 5.55. The summed E-state index contributed by atoms with van der Waals surface area (Å²) >= 11 is 1.64. The van der Waals surface area contributed by atoms with Crippen LogP contribution in [0.4, 0.5) is 0 Å². The van der Waals surface area contributed by atoms with Crippen molar-refractivity contribution in [3.05, 3.63) is 29.3 Å². The van der Waals surface area contributed by atoms with Crippen LogP contribution in [-0.4, -0.2) is 56.2 Å². The lowest BCUT2D eigenvalue weighted by Gasteiger charge is -2.31. The molecule has 0 aliphatic carbocycles. The minimum absolute atomic E-state index is 0.170. The number of benzene rings is 1. The van der Waals surface area contributed by atoms with Crippen molar-refractivity contribution in [2.24, 2.45) is 0 Å². The summed E-state index contributed by atoms with van der Waals surface area (Å²) in [5, 5.41) is 3.11. The smallest absolute Gasteiger partial charge is 0.219 e. The molecule has 1 aromatic heterocycles. The SMILES string of the molecule is COc1ccc(-c2nc(C[NH+]3CCN(C(C)=O)CC3)cs2)cc1OC. The number of ether oxygens (including phenoxy) is 2. The molecule has 1 aliphatic heterocycles. The molecule has 1 saturated heterocycles. The van der Waals surface area contributed by atoms with Gasteiger partial charge in [-0.2, -0.15) is 0 Å². The molecule has 1 aliphatic rings. The van der Waals surface area contributed by atoms with Gasteiger partial charge in [-0.3, -0.25) is 4.79 Å². The van der Waals surface area contributed by atoms with E-state index < -0.39 is 0 Å². The summed E-state index contributed by atoms with van der Waals surface area (Å²) in [5.74, 6) is 1.60. The Hall–Kier alpha value is -2.12. The number of hydrogen-bond acceptors (Lipinski definition) is 5. The van der Waals surface area contributed by atoms with Crippen LogP contribution in [0, 0.1) is 0 Å². The molecule has 1 fully saturated rings. The highest BCUT2D eigenvalue weighted by Crippen LogP contribution is 2.33. The molecule has 3 rings (SSSR count). The highest BCUT2D eigenvalue weighted by molar-refractivity contribution is 7.13. The van der Waals surface area contributed by atoms with E-state index in [1.807, 2.05) is 23.1 Å². The molecule has 2 aromatic rings. The summed E-state index contributed by atoms with van der Waals surface area (Å²) < 4.78 is 10.7. The summed E-state index contributed by atoms with van der Waals surface area (Å²) in [5.41, 5.74) is 2.13. The van der Waals surface area contributed by atoms with Gasteiger partial charge in [-0.25, -0.2) is 4.98 Å². The summed E-state index contributed by atoms with van der Waals surface area (Å²) in [7, 11) is 3.27. The number of piperazine rings is 1. The van der Waals surface area contributed by atoms with Crippen LogP contribution in [-0.2, 0) is 11.3 Å². The topological polar surface area (TPSA) is 56.1 Å². The molecule has 1 aromatic carbocycles. The first-order valence-electron chi connectivity index (χ1n) is 8.36. The zero-order chi connectivity index (χ0) is 17.8. The molecule has 6 nitrogen and oxygen atoms in total. The maximum absolute atomic E-state index is 11.4. The normalized spacial score (nSPS) is 15.2. The van der Waals surface area contributed by atoms with E-state index in [2.05, 4.69) is 5.38 Å². The van der Waals surface area contributed by atoms with Crippen LogP contribution < -0.4 is 14.4 Å². The second kappa shape index (κ2) is 7.84. The molecule has 1 N–H and O–H groups in total. The van der Waals surface area contributed by atoms with E-state index >= 15 is 0 Å². The third-order valence-corrected chi connectivity index (χ3v) is 5.47. The van der Waals surface area contributed by atoms with Crippen molar-refractivity contribution >= 4 is 17.2 Å². The maximum atomic E-state index is 11.4. The Bertz CT molecular complexity index is 739. The van der Waals surface area contributed by atoms with E-state index in [0.717, 1.165) is 54.7 Å². The van der Waals surface area contributed by atoms with Gasteiger partial charge in [0.05, 0.1) is 40.4 Å². The van der Waals surface area contributed by atoms with Crippen LogP contribution in [0.15, 0.2) is 23.6 Å². The Morgan fingerprint density at radius 3 is 2.60 bits per heavy atom. The first-order chi connectivity index (χ1) is 12.1. The van der Waals surface area contributed by atoms with Crippen LogP contribution >= 0.6 is 11.3 Å². The lowest BCUT2D eigenvalue weighted by Crippen LogP contribution is -3.13. The molecule has 134 valence electrons. The van der Waals surface area contributed by atoms with Crippen molar-refractivity contribution < 1.29 is 19.2 Å². The lowest BCUT2D eigenvalue weighted by atomic mass is 10.2. The van der Waals surface area contributed by atoms with Crippen molar-refractivity contribution in [3.63, 3.8) is 0 Å². The summed E-state index contributed by atoms with van der Waals surface area (Å²) in [4.78, 5) is 19.6. The predicted octanol–water partition coefficient (Wildman–Crippen LogP) is 1.07. The fourth-order valence-corrected chi connectivity index (χ4v) is 3.88. The third kappa shape index (κ3) is 4.11. The Balaban J connectivity index is 1.66. The number of amides is 1. The Labute approximate surface area is 152 Å². The van der Waals surface area contributed by atoms with Crippen molar-refractivity contribution in [1.82, 2.24) is 9.88 Å². The van der Waals surface area contributed by atoms with Gasteiger partial charge in [-0.05, 0) is 18.2 Å². The third-order valence-electron chi connectivity index (χ3n) is 4.53. The number of nitrogens with zero attached hydrogens (tertiary/aromatic N) is 2. The largest absolute Gasteiger partial charge is 0.493 e. The first kappa shape index (κ1) is 17.7. The average Bonchev–Trinajstić information content (AvgIpc) is 3.10. The molecule has 7 heteroatoms. The van der Waals surface area contributed by atoms with Gasteiger partial charge in [0, 0.05) is 17.9 Å². The molecule has 0 unspecified atom stereocenters. The van der Waals surface area contributed by atoms with Gasteiger partial charge >= 0.3 is 0 Å². The minimum atomic E-state index is 0.170. The molecule has 0 atom stereocenters. The number of methoxy groups -OCH3 is 2. The Morgan fingerprint density at radius 1 is 1.24 bits per heavy atom. The van der Waals surface area contributed by atoms with E-state index in [-0.39, 0.29) is 5.91 Å². The predicted molar refractivity (Wildman–Crippen MR) is 97.3 cm³/mol. The zero-order valence-corrected chi connectivity index (χ0v) is 15.7. The van der Waals surface area contributed by atoms with Crippen LogP contribution in [0.2, 0.25) is 0 Å². The first-order valence-corrected chi connectivity index (χ1v) is 9.24. The number of carbonyl (C=O) groups is 1. The van der Waals surface area contributed by atoms with Crippen molar-refractivity contribution in [3.8, 4) is 22.1 Å². The molecule has 1 amide bonds. The van der Waals surface area contributed by atoms with Crippen LogP contribution in [0.5, 0.6) is 11.5 Å². The fourth-order valence-electron chi connectivity index (χ4n) is 3.06. The molecular formula is C18H24N3O3S+. The molecule has 0 spiro atoms. The number of hydrogen-bond donors (Lipinski definition) is 1. The highest BCUT2D eigenvalue weighted by Gasteiger charge is 2.22. The van der Waals surface area contributed by atoms with E-state index in [0.29, 0.717) is 5.75 Å². The molecule has 0 bridgehead atoms. The van der Waals surface area contributed by atoms with Crippen molar-refractivity contribution in [2.45, 2.75) is 13.5 Å². The number of nitrogens with one attached hydrogen (secondary N) is 1. The quantitative estimate of drug-likeness (QED) is 0.865. The molecule has 25 heavy (non-hydrogen) atoms. The van der Waals surface area contributed by atoms with Crippen LogP contribution in [0.1, 0.15) is 12.6 Å². The number of aromatic nitrogens is 1. The average molecular weight is 362 g/mol. The number of carbonyl (C=O) groups excluding carboxylic acids is 1. The van der Waals surface area contributed by atoms with Crippen molar-refractivity contribution in [1.29, 1.82) is 0 Å². The standard InChI is InChI=1S/C18H23N3O3S/c1-13(22)21-8-6-20(7-9-21)11-15-12-25-18(19-15)14-4-5-16(23-2)17(10-14)24-3/h4-5,10,12H,6-9,11H2,1-3H3/p+1. The minimum Gasteiger partial charge on any atom is -0.493 e. The molecule has 0 radical (unpaired) electrons. The molecular weight excluding hydrogens is 338 g/mol. The summed E-state index contributed by atoms with van der Waals surface area (Å²) in [6, 6.07) is 5.86. The van der Waals surface area contributed by atoms with E-state index in [9.17, 15) is 4.79 Å². The van der Waals surface area contributed by atoms with Gasteiger partial charge in [-0.15, -0.1) is 11.3 Å². The van der Waals surface area contributed by atoms with Gasteiger partial charge in [-0.1, -0.05) is 0 Å². The number of thiazole rings is 1. The van der Waals surface area contributed by atoms with E-state index in [1.165, 1.54) is 4.90 Å². The van der Waals surface area contributed by atoms with Crippen molar-refractivity contribution in [2.75, 3.05) is 40.4 Å². The van der Waals surface area contributed by atoms with Gasteiger partial charge in [0.1, 0.15) is 17.2 Å². The number of rotatable bonds is 5. The maximum Gasteiger partial charge on any atom is 0.219 e. The lowest BCUT2D eigenvalue weighted by molar-refractivity contribution is -0.917.